The summed E-state index contributed by atoms with van der Waals surface area (Å²) in [5, 5.41) is 0. The number of carbonyl (C=O) groups is 2. The van der Waals surface area contributed by atoms with Crippen LogP contribution in [-0.4, -0.2) is 37.1 Å². The van der Waals surface area contributed by atoms with Crippen molar-refractivity contribution in [3.63, 3.8) is 0 Å². The monoisotopic (exact) mass is 247 g/mol. The van der Waals surface area contributed by atoms with E-state index < -0.39 is 32.5 Å². The standard InChI is InChI=1S/C10H18FNO3Si/c1-6(11)8-9(14)12(16(3,4)5)10(8)15-7(2)13/h6,8,10H,1-5H3/t6-,8+,10+/m1/s1. The number of halogens is 1. The highest BCUT2D eigenvalue weighted by atomic mass is 28.3. The summed E-state index contributed by atoms with van der Waals surface area (Å²) in [6.07, 6.45) is -2.00. The van der Waals surface area contributed by atoms with E-state index in [9.17, 15) is 14.0 Å². The molecule has 1 amide bonds. The maximum Gasteiger partial charge on any atom is 0.304 e. The Kier molecular flexibility index (Phi) is 3.42. The molecule has 1 aliphatic rings. The Balaban J connectivity index is 2.87. The summed E-state index contributed by atoms with van der Waals surface area (Å²) >= 11 is 0. The lowest BCUT2D eigenvalue weighted by Crippen LogP contribution is -2.72. The van der Waals surface area contributed by atoms with Crippen molar-refractivity contribution in [3.8, 4) is 0 Å². The van der Waals surface area contributed by atoms with Crippen molar-refractivity contribution >= 4 is 20.1 Å². The molecule has 0 aromatic carbocycles. The summed E-state index contributed by atoms with van der Waals surface area (Å²) in [6.45, 7) is 8.47. The minimum absolute atomic E-state index is 0.236. The molecule has 1 rings (SSSR count). The van der Waals surface area contributed by atoms with Gasteiger partial charge in [-0.2, -0.15) is 0 Å². The van der Waals surface area contributed by atoms with Crippen molar-refractivity contribution in [3.05, 3.63) is 0 Å². The molecule has 1 saturated heterocycles. The molecular formula is C10H18FNO3Si. The van der Waals surface area contributed by atoms with Crippen molar-refractivity contribution in [1.29, 1.82) is 0 Å². The van der Waals surface area contributed by atoms with Crippen molar-refractivity contribution in [2.24, 2.45) is 5.92 Å². The highest BCUT2D eigenvalue weighted by molar-refractivity contribution is 6.76. The van der Waals surface area contributed by atoms with Crippen LogP contribution in [0.15, 0.2) is 0 Å². The highest BCUT2D eigenvalue weighted by Gasteiger charge is 2.56. The van der Waals surface area contributed by atoms with E-state index in [-0.39, 0.29) is 5.91 Å². The average Bonchev–Trinajstić information content (AvgIpc) is 1.97. The number of rotatable bonds is 3. The minimum atomic E-state index is -1.91. The van der Waals surface area contributed by atoms with Gasteiger partial charge in [0.1, 0.15) is 12.1 Å². The first-order valence-corrected chi connectivity index (χ1v) is 8.75. The Morgan fingerprint density at radius 1 is 1.50 bits per heavy atom. The van der Waals surface area contributed by atoms with Crippen LogP contribution in [0.2, 0.25) is 19.6 Å². The lowest BCUT2D eigenvalue weighted by atomic mass is 9.94. The molecule has 0 bridgehead atoms. The first-order chi connectivity index (χ1) is 7.16. The number of ether oxygens (including phenoxy) is 1. The number of hydrogen-bond donors (Lipinski definition) is 0. The molecule has 4 nitrogen and oxygen atoms in total. The SMILES string of the molecule is CC(=O)O[C@H]1[C@@H]([C@@H](C)F)C(=O)N1[Si](C)(C)C. The molecule has 0 unspecified atom stereocenters. The lowest BCUT2D eigenvalue weighted by Gasteiger charge is -2.52. The van der Waals surface area contributed by atoms with Gasteiger partial charge >= 0.3 is 5.97 Å². The Morgan fingerprint density at radius 2 is 2.00 bits per heavy atom. The molecule has 92 valence electrons. The minimum Gasteiger partial charge on any atom is -0.441 e. The highest BCUT2D eigenvalue weighted by Crippen LogP contribution is 2.36. The molecular weight excluding hydrogens is 229 g/mol. The van der Waals surface area contributed by atoms with Crippen LogP contribution in [0, 0.1) is 5.92 Å². The van der Waals surface area contributed by atoms with E-state index in [0.717, 1.165) is 0 Å². The largest absolute Gasteiger partial charge is 0.441 e. The second-order valence-corrected chi connectivity index (χ2v) is 9.91. The maximum atomic E-state index is 13.2. The fraction of sp³-hybridized carbons (Fsp3) is 0.800. The summed E-state index contributed by atoms with van der Waals surface area (Å²) < 4.78 is 19.8. The third kappa shape index (κ3) is 2.26. The van der Waals surface area contributed by atoms with Gasteiger partial charge < -0.3 is 9.30 Å². The van der Waals surface area contributed by atoms with Crippen LogP contribution in [0.4, 0.5) is 4.39 Å². The van der Waals surface area contributed by atoms with Crippen LogP contribution in [0.5, 0.6) is 0 Å². The Hall–Kier alpha value is -0.913. The Morgan fingerprint density at radius 3 is 2.31 bits per heavy atom. The molecule has 16 heavy (non-hydrogen) atoms. The summed E-state index contributed by atoms with van der Waals surface area (Å²) in [5.74, 6) is -1.54. The van der Waals surface area contributed by atoms with Gasteiger partial charge in [0, 0.05) is 6.92 Å². The maximum absolute atomic E-state index is 13.2. The smallest absolute Gasteiger partial charge is 0.304 e. The average molecular weight is 247 g/mol. The van der Waals surface area contributed by atoms with E-state index in [4.69, 9.17) is 4.74 Å². The Bertz CT molecular complexity index is 314. The number of alkyl halides is 1. The Labute approximate surface area is 95.8 Å². The molecule has 1 aliphatic heterocycles. The zero-order valence-electron chi connectivity index (χ0n) is 10.3. The van der Waals surface area contributed by atoms with Crippen molar-refractivity contribution in [2.45, 2.75) is 45.9 Å². The van der Waals surface area contributed by atoms with Gasteiger partial charge in [0.05, 0.1) is 0 Å². The van der Waals surface area contributed by atoms with Crippen LogP contribution in [-0.2, 0) is 14.3 Å². The molecule has 6 heteroatoms. The van der Waals surface area contributed by atoms with E-state index in [1.807, 2.05) is 19.6 Å². The van der Waals surface area contributed by atoms with Crippen LogP contribution in [0.1, 0.15) is 13.8 Å². The number of β-lactam (4-membered cyclic amide) rings is 1. The normalized spacial score (nSPS) is 27.4. The van der Waals surface area contributed by atoms with Crippen LogP contribution in [0.3, 0.4) is 0 Å². The number of carbonyl (C=O) groups excluding carboxylic acids is 2. The molecule has 0 aromatic rings. The topological polar surface area (TPSA) is 46.6 Å². The van der Waals surface area contributed by atoms with E-state index in [1.165, 1.54) is 13.8 Å². The van der Waals surface area contributed by atoms with Gasteiger partial charge in [-0.15, -0.1) is 0 Å². The quantitative estimate of drug-likeness (QED) is 0.431. The van der Waals surface area contributed by atoms with Gasteiger partial charge in [-0.05, 0) is 6.92 Å². The molecule has 3 atom stereocenters. The van der Waals surface area contributed by atoms with Gasteiger partial charge in [-0.3, -0.25) is 9.59 Å². The molecule has 0 spiro atoms. The van der Waals surface area contributed by atoms with Crippen LogP contribution >= 0.6 is 0 Å². The summed E-state index contributed by atoms with van der Waals surface area (Å²) in [4.78, 5) is 22.7. The zero-order chi connectivity index (χ0) is 12.7. The second-order valence-electron chi connectivity index (χ2n) is 5.08. The number of esters is 1. The van der Waals surface area contributed by atoms with Crippen LogP contribution in [0.25, 0.3) is 0 Å². The zero-order valence-corrected chi connectivity index (χ0v) is 11.3. The van der Waals surface area contributed by atoms with E-state index in [0.29, 0.717) is 0 Å². The second kappa shape index (κ2) is 4.16. The molecule has 1 fully saturated rings. The number of amides is 1. The van der Waals surface area contributed by atoms with Gasteiger partial charge in [0.2, 0.25) is 5.91 Å². The molecule has 0 aromatic heterocycles. The summed E-state index contributed by atoms with van der Waals surface area (Å²) in [5.41, 5.74) is 0. The summed E-state index contributed by atoms with van der Waals surface area (Å²) in [7, 11) is -1.91. The predicted molar refractivity (Wildman–Crippen MR) is 59.8 cm³/mol. The van der Waals surface area contributed by atoms with Crippen molar-refractivity contribution in [1.82, 2.24) is 4.57 Å². The third-order valence-corrected chi connectivity index (χ3v) is 4.51. The third-order valence-electron chi connectivity index (χ3n) is 2.59. The lowest BCUT2D eigenvalue weighted by molar-refractivity contribution is -0.190. The molecule has 0 radical (unpaired) electrons. The predicted octanol–water partition coefficient (Wildman–Crippen LogP) is 1.53. The van der Waals surface area contributed by atoms with Gasteiger partial charge in [0.15, 0.2) is 14.5 Å². The molecule has 0 saturated carbocycles. The fourth-order valence-corrected chi connectivity index (χ4v) is 3.71. The van der Waals surface area contributed by atoms with Gasteiger partial charge in [0.25, 0.3) is 0 Å². The van der Waals surface area contributed by atoms with E-state index in [1.54, 1.807) is 4.57 Å². The van der Waals surface area contributed by atoms with Crippen molar-refractivity contribution < 1.29 is 18.7 Å². The molecule has 0 aliphatic carbocycles. The van der Waals surface area contributed by atoms with E-state index in [2.05, 4.69) is 0 Å². The number of nitrogens with zero attached hydrogens (tertiary/aromatic N) is 1. The first kappa shape index (κ1) is 13.2. The van der Waals surface area contributed by atoms with Crippen molar-refractivity contribution in [2.75, 3.05) is 0 Å². The van der Waals surface area contributed by atoms with Gasteiger partial charge in [-0.1, -0.05) is 19.6 Å². The molecule has 0 N–H and O–H groups in total. The van der Waals surface area contributed by atoms with E-state index >= 15 is 0 Å². The first-order valence-electron chi connectivity index (χ1n) is 5.30. The van der Waals surface area contributed by atoms with Gasteiger partial charge in [-0.25, -0.2) is 4.39 Å². The summed E-state index contributed by atoms with van der Waals surface area (Å²) in [6, 6.07) is 0. The number of hydrogen-bond acceptors (Lipinski definition) is 3. The van der Waals surface area contributed by atoms with Crippen LogP contribution < -0.4 is 0 Å². The molecule has 1 heterocycles. The fourth-order valence-electron chi connectivity index (χ4n) is 1.92.